The van der Waals surface area contributed by atoms with E-state index < -0.39 is 16.8 Å². The van der Waals surface area contributed by atoms with Crippen molar-refractivity contribution in [2.75, 3.05) is 36.9 Å². The van der Waals surface area contributed by atoms with Crippen molar-refractivity contribution in [3.63, 3.8) is 0 Å². The van der Waals surface area contributed by atoms with Gasteiger partial charge in [0.1, 0.15) is 35.1 Å². The van der Waals surface area contributed by atoms with E-state index in [1.54, 1.807) is 6.07 Å². The third-order valence-corrected chi connectivity index (χ3v) is 11.4. The van der Waals surface area contributed by atoms with Crippen molar-refractivity contribution in [1.82, 2.24) is 14.9 Å². The zero-order valence-electron chi connectivity index (χ0n) is 29.3. The second kappa shape index (κ2) is 13.4. The van der Waals surface area contributed by atoms with Crippen LogP contribution in [-0.4, -0.2) is 68.4 Å². The number of benzene rings is 2. The molecule has 254 valence electrons. The summed E-state index contributed by atoms with van der Waals surface area (Å²) in [5.74, 6) is 0.848. The fourth-order valence-corrected chi connectivity index (χ4v) is 9.22. The molecule has 0 amide bonds. The van der Waals surface area contributed by atoms with Gasteiger partial charge in [0.2, 0.25) is 0 Å². The summed E-state index contributed by atoms with van der Waals surface area (Å²) in [6, 6.07) is 8.30. The minimum atomic E-state index is -0.806. The molecule has 2 aromatic heterocycles. The van der Waals surface area contributed by atoms with E-state index in [0.717, 1.165) is 37.1 Å². The second-order valence-electron chi connectivity index (χ2n) is 15.1. The second-order valence-corrected chi connectivity index (χ2v) is 16.2. The van der Waals surface area contributed by atoms with Crippen molar-refractivity contribution < 1.29 is 13.5 Å². The lowest BCUT2D eigenvalue weighted by atomic mass is 9.52. The number of hydrogen-bond donors (Lipinski definition) is 1. The Morgan fingerprint density at radius 1 is 1.14 bits per heavy atom. The van der Waals surface area contributed by atoms with Crippen LogP contribution >= 0.6 is 11.3 Å². The molecule has 0 aliphatic carbocycles. The molecule has 2 saturated heterocycles. The van der Waals surface area contributed by atoms with Gasteiger partial charge in [-0.25, -0.2) is 8.78 Å². The average molecular weight is 680 g/mol. The Morgan fingerprint density at radius 2 is 1.90 bits per heavy atom. The van der Waals surface area contributed by atoms with Crippen LogP contribution in [0.2, 0.25) is 5.21 Å². The van der Waals surface area contributed by atoms with E-state index >= 15 is 4.39 Å². The first kappa shape index (κ1) is 35.4. The third kappa shape index (κ3) is 6.61. The van der Waals surface area contributed by atoms with Crippen LogP contribution in [0.4, 0.5) is 19.6 Å². The Kier molecular flexibility index (Phi) is 9.66. The molecule has 4 radical (unpaired) electrons. The number of thiophene rings is 1. The van der Waals surface area contributed by atoms with Gasteiger partial charge in [-0.05, 0) is 80.7 Å². The molecule has 49 heavy (non-hydrogen) atoms. The van der Waals surface area contributed by atoms with Crippen LogP contribution < -0.4 is 15.4 Å². The van der Waals surface area contributed by atoms with Gasteiger partial charge in [-0.1, -0.05) is 45.9 Å². The number of nitrogen functional groups attached to an aromatic ring is 1. The molecule has 6 rings (SSSR count). The molecular formula is C37H44B2F2N6OS. The highest BCUT2D eigenvalue weighted by Crippen LogP contribution is 2.50. The SMILES string of the molecule is [B]C1([B])CN2CC(C)CC2(COc2nc(N(CC)C(CCC(C)C)C(C)C)c3cc(F)c(-c4ccc(F)c5sc(N)c(C#N)c45)cc3n2)C1. The van der Waals surface area contributed by atoms with Gasteiger partial charge in [0.25, 0.3) is 0 Å². The first-order chi connectivity index (χ1) is 23.2. The molecule has 2 fully saturated rings. The molecule has 0 bridgehead atoms. The van der Waals surface area contributed by atoms with Crippen molar-refractivity contribution >= 4 is 58.8 Å². The largest absolute Gasteiger partial charge is 0.461 e. The Morgan fingerprint density at radius 3 is 2.57 bits per heavy atom. The molecule has 3 atom stereocenters. The van der Waals surface area contributed by atoms with Gasteiger partial charge < -0.3 is 15.4 Å². The zero-order valence-corrected chi connectivity index (χ0v) is 30.1. The van der Waals surface area contributed by atoms with E-state index in [4.69, 9.17) is 36.1 Å². The number of hydrogen-bond acceptors (Lipinski definition) is 8. The summed E-state index contributed by atoms with van der Waals surface area (Å²) in [7, 11) is 12.9. The number of rotatable bonds is 11. The summed E-state index contributed by atoms with van der Waals surface area (Å²) in [5.41, 5.74) is 6.95. The first-order valence-electron chi connectivity index (χ1n) is 17.3. The summed E-state index contributed by atoms with van der Waals surface area (Å²) in [6.45, 7) is 15.6. The first-order valence-corrected chi connectivity index (χ1v) is 18.1. The lowest BCUT2D eigenvalue weighted by Gasteiger charge is -2.36. The van der Waals surface area contributed by atoms with Crippen molar-refractivity contribution in [1.29, 1.82) is 5.26 Å². The summed E-state index contributed by atoms with van der Waals surface area (Å²) in [4.78, 5) is 14.4. The predicted octanol–water partition coefficient (Wildman–Crippen LogP) is 7.85. The van der Waals surface area contributed by atoms with E-state index in [1.165, 1.54) is 18.2 Å². The highest BCUT2D eigenvalue weighted by atomic mass is 32.1. The topological polar surface area (TPSA) is 91.3 Å². The van der Waals surface area contributed by atoms with Gasteiger partial charge in [0.15, 0.2) is 0 Å². The number of halogens is 2. The highest BCUT2D eigenvalue weighted by Gasteiger charge is 2.53. The van der Waals surface area contributed by atoms with E-state index in [0.29, 0.717) is 71.5 Å². The monoisotopic (exact) mass is 680 g/mol. The molecule has 2 N–H and O–H groups in total. The number of anilines is 2. The number of aromatic nitrogens is 2. The number of nitrogens with two attached hydrogens (primary N) is 1. The molecule has 3 unspecified atom stereocenters. The maximum absolute atomic E-state index is 16.4. The van der Waals surface area contributed by atoms with Crippen molar-refractivity contribution in [2.24, 2.45) is 17.8 Å². The number of ether oxygens (including phenoxy) is 1. The smallest absolute Gasteiger partial charge is 0.319 e. The molecular weight excluding hydrogens is 636 g/mol. The van der Waals surface area contributed by atoms with Gasteiger partial charge in [-0.2, -0.15) is 15.2 Å². The van der Waals surface area contributed by atoms with Gasteiger partial charge in [-0.3, -0.25) is 4.90 Å². The van der Waals surface area contributed by atoms with Crippen LogP contribution in [0.3, 0.4) is 0 Å². The number of nitrogens with zero attached hydrogens (tertiary/aromatic N) is 5. The van der Waals surface area contributed by atoms with Gasteiger partial charge in [0, 0.05) is 35.5 Å². The molecule has 2 aromatic carbocycles. The van der Waals surface area contributed by atoms with Crippen LogP contribution in [-0.2, 0) is 0 Å². The van der Waals surface area contributed by atoms with Gasteiger partial charge >= 0.3 is 6.01 Å². The van der Waals surface area contributed by atoms with E-state index in [9.17, 15) is 9.65 Å². The van der Waals surface area contributed by atoms with Crippen LogP contribution in [0, 0.1) is 40.7 Å². The molecule has 2 aliphatic heterocycles. The quantitative estimate of drug-likeness (QED) is 0.162. The van der Waals surface area contributed by atoms with Gasteiger partial charge in [0.05, 0.1) is 37.0 Å². The van der Waals surface area contributed by atoms with E-state index in [2.05, 4.69) is 57.4 Å². The standard InChI is InChI=1S/C37H44B2F2N6OS/c1-7-47(30(21(4)5)11-8-20(2)3)34-25-12-28(41)24(23-9-10-27(40)32-31(23)26(15-42)33(43)49-32)13-29(25)44-35(45-34)48-19-36-14-22(6)16-46(36)18-37(38,39)17-36/h9-10,12-13,20-22,30H,7-8,11,14,16-19,43H2,1-6H3. The van der Waals surface area contributed by atoms with Crippen LogP contribution in [0.5, 0.6) is 6.01 Å². The van der Waals surface area contributed by atoms with Crippen molar-refractivity contribution in [3.05, 3.63) is 41.5 Å². The Balaban J connectivity index is 1.51. The fourth-order valence-electron chi connectivity index (χ4n) is 8.27. The lowest BCUT2D eigenvalue weighted by molar-refractivity contribution is 0.107. The summed E-state index contributed by atoms with van der Waals surface area (Å²) in [5, 5.41) is 10.1. The summed E-state index contributed by atoms with van der Waals surface area (Å²) >= 11 is 0.982. The zero-order chi connectivity index (χ0) is 35.4. The van der Waals surface area contributed by atoms with E-state index in [-0.39, 0.29) is 38.4 Å². The molecule has 0 saturated carbocycles. The summed E-state index contributed by atoms with van der Waals surface area (Å²) < 4.78 is 38.1. The molecule has 4 aromatic rings. The van der Waals surface area contributed by atoms with Crippen molar-refractivity contribution in [2.45, 2.75) is 84.0 Å². The molecule has 12 heteroatoms. The number of nitriles is 1. The third-order valence-electron chi connectivity index (χ3n) is 10.3. The fraction of sp³-hybridized carbons (Fsp3) is 0.541. The van der Waals surface area contributed by atoms with Crippen molar-refractivity contribution in [3.8, 4) is 23.2 Å². The minimum Gasteiger partial charge on any atom is -0.461 e. The maximum Gasteiger partial charge on any atom is 0.319 e. The predicted molar refractivity (Wildman–Crippen MR) is 198 cm³/mol. The van der Waals surface area contributed by atoms with Gasteiger partial charge in [-0.15, -0.1) is 11.3 Å². The molecule has 7 nitrogen and oxygen atoms in total. The molecule has 2 aliphatic rings. The maximum atomic E-state index is 16.4. The lowest BCUT2D eigenvalue weighted by Crippen LogP contribution is -2.43. The Labute approximate surface area is 295 Å². The van der Waals surface area contributed by atoms with E-state index in [1.807, 2.05) is 0 Å². The Hall–Kier alpha value is -3.42. The normalized spacial score (nSPS) is 21.1. The highest BCUT2D eigenvalue weighted by molar-refractivity contribution is 7.23. The number of fused-ring (bicyclic) bond motifs is 3. The molecule has 0 spiro atoms. The van der Waals surface area contributed by atoms with Crippen LogP contribution in [0.1, 0.15) is 72.8 Å². The summed E-state index contributed by atoms with van der Waals surface area (Å²) in [6.07, 6.45) is 3.47. The van der Waals surface area contributed by atoms with Crippen LogP contribution in [0.25, 0.3) is 32.1 Å². The minimum absolute atomic E-state index is 0.130. The van der Waals surface area contributed by atoms with Crippen LogP contribution in [0.15, 0.2) is 24.3 Å². The molecule has 4 heterocycles. The average Bonchev–Trinajstić information content (AvgIpc) is 3.60. The Bertz CT molecular complexity index is 1930.